The smallest absolute Gasteiger partial charge is 0.251 e. The van der Waals surface area contributed by atoms with E-state index >= 15 is 0 Å². The molecule has 2 amide bonds. The van der Waals surface area contributed by atoms with Crippen LogP contribution in [0.25, 0.3) is 0 Å². The maximum absolute atomic E-state index is 12.6. The fourth-order valence-corrected chi connectivity index (χ4v) is 3.24. The van der Waals surface area contributed by atoms with Gasteiger partial charge in [-0.1, -0.05) is 60.1 Å². The minimum Gasteiger partial charge on any atom is -0.345 e. The van der Waals surface area contributed by atoms with Crippen LogP contribution in [0.3, 0.4) is 0 Å². The molecule has 0 aromatic heterocycles. The van der Waals surface area contributed by atoms with Crippen LogP contribution in [0.5, 0.6) is 0 Å². The third kappa shape index (κ3) is 5.44. The van der Waals surface area contributed by atoms with E-state index in [1.165, 1.54) is 0 Å². The zero-order valence-electron chi connectivity index (χ0n) is 14.9. The standard InChI is InChI=1S/C22H18BrClN2O2/c23-18-13-17(11-12-19(18)24)25-21(27)14-20(15-7-3-1-4-8-15)26-22(28)16-9-5-2-6-10-16/h1-13,20H,14H2,(H,25,27)(H,26,28)/t20-/m0/s1. The second kappa shape index (κ2) is 9.53. The third-order valence-corrected chi connectivity index (χ3v) is 5.35. The fourth-order valence-electron chi connectivity index (χ4n) is 2.74. The van der Waals surface area contributed by atoms with Crippen LogP contribution in [0.4, 0.5) is 5.69 Å². The van der Waals surface area contributed by atoms with Crippen molar-refractivity contribution in [3.8, 4) is 0 Å². The summed E-state index contributed by atoms with van der Waals surface area (Å²) in [5.74, 6) is -0.437. The average molecular weight is 458 g/mol. The molecule has 0 radical (unpaired) electrons. The molecule has 0 aliphatic rings. The van der Waals surface area contributed by atoms with E-state index in [4.69, 9.17) is 11.6 Å². The lowest BCUT2D eigenvalue weighted by molar-refractivity contribution is -0.116. The van der Waals surface area contributed by atoms with Crippen LogP contribution < -0.4 is 10.6 Å². The molecule has 0 fully saturated rings. The Morgan fingerprint density at radius 2 is 1.57 bits per heavy atom. The average Bonchev–Trinajstić information content (AvgIpc) is 2.71. The SMILES string of the molecule is O=C(C[C@H](NC(=O)c1ccccc1)c1ccccc1)Nc1ccc(Cl)c(Br)c1. The van der Waals surface area contributed by atoms with Gasteiger partial charge in [-0.25, -0.2) is 0 Å². The lowest BCUT2D eigenvalue weighted by Crippen LogP contribution is -2.31. The molecule has 0 bridgehead atoms. The van der Waals surface area contributed by atoms with E-state index in [1.54, 1.807) is 42.5 Å². The van der Waals surface area contributed by atoms with Gasteiger partial charge in [-0.3, -0.25) is 9.59 Å². The molecule has 0 saturated heterocycles. The molecule has 1 atom stereocenters. The molecule has 3 aromatic rings. The van der Waals surface area contributed by atoms with Crippen molar-refractivity contribution >= 4 is 45.0 Å². The van der Waals surface area contributed by atoms with Gasteiger partial charge in [-0.15, -0.1) is 0 Å². The first-order chi connectivity index (χ1) is 13.5. The molecule has 0 aliphatic heterocycles. The maximum Gasteiger partial charge on any atom is 0.251 e. The number of nitrogens with one attached hydrogen (secondary N) is 2. The summed E-state index contributed by atoms with van der Waals surface area (Å²) in [4.78, 5) is 25.2. The molecule has 0 aliphatic carbocycles. The van der Waals surface area contributed by atoms with E-state index in [0.29, 0.717) is 20.7 Å². The molecule has 0 heterocycles. The molecule has 0 unspecified atom stereocenters. The summed E-state index contributed by atoms with van der Waals surface area (Å²) in [6.45, 7) is 0. The Morgan fingerprint density at radius 1 is 0.929 bits per heavy atom. The van der Waals surface area contributed by atoms with Crippen LogP contribution >= 0.6 is 27.5 Å². The third-order valence-electron chi connectivity index (χ3n) is 4.14. The van der Waals surface area contributed by atoms with Crippen LogP contribution in [-0.2, 0) is 4.79 Å². The highest BCUT2D eigenvalue weighted by Crippen LogP contribution is 2.26. The Morgan fingerprint density at radius 3 is 2.21 bits per heavy atom. The van der Waals surface area contributed by atoms with Crippen molar-refractivity contribution in [2.45, 2.75) is 12.5 Å². The van der Waals surface area contributed by atoms with Crippen molar-refractivity contribution < 1.29 is 9.59 Å². The summed E-state index contributed by atoms with van der Waals surface area (Å²) in [5.41, 5.74) is 2.03. The largest absolute Gasteiger partial charge is 0.345 e. The number of anilines is 1. The molecule has 6 heteroatoms. The molecule has 28 heavy (non-hydrogen) atoms. The molecular formula is C22H18BrClN2O2. The predicted molar refractivity (Wildman–Crippen MR) is 115 cm³/mol. The topological polar surface area (TPSA) is 58.2 Å². The Kier molecular flexibility index (Phi) is 6.85. The van der Waals surface area contributed by atoms with Crippen molar-refractivity contribution in [1.29, 1.82) is 0 Å². The zero-order chi connectivity index (χ0) is 19.9. The van der Waals surface area contributed by atoms with Crippen LogP contribution in [0.15, 0.2) is 83.3 Å². The molecule has 3 aromatic carbocycles. The van der Waals surface area contributed by atoms with Crippen molar-refractivity contribution in [3.63, 3.8) is 0 Å². The van der Waals surface area contributed by atoms with Crippen molar-refractivity contribution in [2.24, 2.45) is 0 Å². The molecule has 142 valence electrons. The van der Waals surface area contributed by atoms with E-state index in [2.05, 4.69) is 26.6 Å². The van der Waals surface area contributed by atoms with E-state index < -0.39 is 6.04 Å². The summed E-state index contributed by atoms with van der Waals surface area (Å²) in [7, 11) is 0. The first-order valence-corrected chi connectivity index (χ1v) is 9.86. The second-order valence-electron chi connectivity index (χ2n) is 6.18. The predicted octanol–water partition coefficient (Wildman–Crippen LogP) is 5.60. The van der Waals surface area contributed by atoms with Gasteiger partial charge in [0, 0.05) is 15.7 Å². The van der Waals surface area contributed by atoms with Crippen LogP contribution in [-0.4, -0.2) is 11.8 Å². The van der Waals surface area contributed by atoms with E-state index in [-0.39, 0.29) is 18.2 Å². The quantitative estimate of drug-likeness (QED) is 0.506. The lowest BCUT2D eigenvalue weighted by Gasteiger charge is -2.19. The summed E-state index contributed by atoms with van der Waals surface area (Å²) in [5, 5.41) is 6.37. The summed E-state index contributed by atoms with van der Waals surface area (Å²) < 4.78 is 0.698. The van der Waals surface area contributed by atoms with Crippen LogP contribution in [0.2, 0.25) is 5.02 Å². The van der Waals surface area contributed by atoms with Gasteiger partial charge < -0.3 is 10.6 Å². The number of hydrogen-bond donors (Lipinski definition) is 2. The molecule has 4 nitrogen and oxygen atoms in total. The van der Waals surface area contributed by atoms with Crippen LogP contribution in [0.1, 0.15) is 28.4 Å². The van der Waals surface area contributed by atoms with Gasteiger partial charge >= 0.3 is 0 Å². The number of carbonyl (C=O) groups excluding carboxylic acids is 2. The van der Waals surface area contributed by atoms with Gasteiger partial charge in [0.05, 0.1) is 17.5 Å². The van der Waals surface area contributed by atoms with E-state index in [0.717, 1.165) is 5.56 Å². The first-order valence-electron chi connectivity index (χ1n) is 8.68. The van der Waals surface area contributed by atoms with Crippen molar-refractivity contribution in [2.75, 3.05) is 5.32 Å². The number of amides is 2. The molecular weight excluding hydrogens is 440 g/mol. The highest BCUT2D eigenvalue weighted by molar-refractivity contribution is 9.10. The monoisotopic (exact) mass is 456 g/mol. The Balaban J connectivity index is 1.74. The Bertz CT molecular complexity index is 965. The lowest BCUT2D eigenvalue weighted by atomic mass is 10.0. The second-order valence-corrected chi connectivity index (χ2v) is 7.45. The van der Waals surface area contributed by atoms with E-state index in [9.17, 15) is 9.59 Å². The van der Waals surface area contributed by atoms with Gasteiger partial charge in [0.25, 0.3) is 5.91 Å². The zero-order valence-corrected chi connectivity index (χ0v) is 17.2. The fraction of sp³-hybridized carbons (Fsp3) is 0.0909. The highest BCUT2D eigenvalue weighted by atomic mass is 79.9. The Hall–Kier alpha value is -2.63. The molecule has 0 saturated carbocycles. The molecule has 0 spiro atoms. The number of carbonyl (C=O) groups is 2. The van der Waals surface area contributed by atoms with E-state index in [1.807, 2.05) is 36.4 Å². The van der Waals surface area contributed by atoms with Crippen LogP contribution in [0, 0.1) is 0 Å². The number of rotatable bonds is 6. The molecule has 3 rings (SSSR count). The van der Waals surface area contributed by atoms with Gasteiger partial charge in [-0.2, -0.15) is 0 Å². The van der Waals surface area contributed by atoms with Gasteiger partial charge in [0.15, 0.2) is 0 Å². The van der Waals surface area contributed by atoms with Gasteiger partial charge in [0.2, 0.25) is 5.91 Å². The van der Waals surface area contributed by atoms with Crippen molar-refractivity contribution in [1.82, 2.24) is 5.32 Å². The van der Waals surface area contributed by atoms with Gasteiger partial charge in [-0.05, 0) is 51.8 Å². The summed E-state index contributed by atoms with van der Waals surface area (Å²) in [6, 6.07) is 23.1. The minimum atomic E-state index is -0.454. The maximum atomic E-state index is 12.6. The number of halogens is 2. The number of hydrogen-bond acceptors (Lipinski definition) is 2. The molecule has 2 N–H and O–H groups in total. The normalized spacial score (nSPS) is 11.5. The summed E-state index contributed by atoms with van der Waals surface area (Å²) in [6.07, 6.45) is 0.100. The van der Waals surface area contributed by atoms with Crippen molar-refractivity contribution in [3.05, 3.63) is 99.5 Å². The highest BCUT2D eigenvalue weighted by Gasteiger charge is 2.19. The Labute approximate surface area is 177 Å². The first kappa shape index (κ1) is 20.1. The minimum absolute atomic E-state index is 0.100. The van der Waals surface area contributed by atoms with Gasteiger partial charge in [0.1, 0.15) is 0 Å². The summed E-state index contributed by atoms with van der Waals surface area (Å²) >= 11 is 9.33. The number of benzene rings is 3.